The highest BCUT2D eigenvalue weighted by atomic mass is 35.5. The minimum absolute atomic E-state index is 0.0769. The van der Waals surface area contributed by atoms with Gasteiger partial charge in [-0.2, -0.15) is 0 Å². The summed E-state index contributed by atoms with van der Waals surface area (Å²) in [7, 11) is 0. The van der Waals surface area contributed by atoms with E-state index in [1.54, 1.807) is 0 Å². The summed E-state index contributed by atoms with van der Waals surface area (Å²) in [5.41, 5.74) is 7.08. The molecule has 2 aliphatic rings. The molecule has 2 nitrogen and oxygen atoms in total. The molecular weight excluding hydrogens is 310 g/mol. The first-order valence-corrected chi connectivity index (χ1v) is 8.37. The van der Waals surface area contributed by atoms with E-state index in [0.717, 1.165) is 25.1 Å². The molecule has 3 rings (SSSR count). The van der Waals surface area contributed by atoms with Crippen LogP contribution >= 0.6 is 23.2 Å². The van der Waals surface area contributed by atoms with Crippen molar-refractivity contribution in [3.63, 3.8) is 0 Å². The summed E-state index contributed by atoms with van der Waals surface area (Å²) in [5.74, 6) is 0.834. The number of fused-ring (bicyclic) bond motifs is 1. The van der Waals surface area contributed by atoms with Gasteiger partial charge in [0.1, 0.15) is 5.82 Å². The van der Waals surface area contributed by atoms with E-state index in [-0.39, 0.29) is 11.1 Å². The van der Waals surface area contributed by atoms with Crippen molar-refractivity contribution in [3.8, 4) is 0 Å². The maximum atomic E-state index is 13.7. The zero-order valence-corrected chi connectivity index (χ0v) is 13.7. The molecule has 1 saturated heterocycles. The van der Waals surface area contributed by atoms with Crippen LogP contribution in [0, 0.1) is 17.7 Å². The molecule has 116 valence electrons. The van der Waals surface area contributed by atoms with E-state index < -0.39 is 5.82 Å². The average Bonchev–Trinajstić information content (AvgIpc) is 2.87. The summed E-state index contributed by atoms with van der Waals surface area (Å²) in [6, 6.07) is 3.36. The molecule has 4 unspecified atom stereocenters. The Hall–Kier alpha value is -0.350. The van der Waals surface area contributed by atoms with E-state index in [0.29, 0.717) is 22.9 Å². The summed E-state index contributed by atoms with van der Waals surface area (Å²) in [6.45, 7) is 4.09. The molecule has 0 spiro atoms. The van der Waals surface area contributed by atoms with Crippen LogP contribution in [-0.4, -0.2) is 24.0 Å². The monoisotopic (exact) mass is 330 g/mol. The van der Waals surface area contributed by atoms with Gasteiger partial charge in [0.25, 0.3) is 0 Å². The van der Waals surface area contributed by atoms with Crippen molar-refractivity contribution in [1.82, 2.24) is 4.90 Å². The number of likely N-dealkylation sites (tertiary alicyclic amines) is 1. The predicted octanol–water partition coefficient (Wildman–Crippen LogP) is 4.25. The van der Waals surface area contributed by atoms with E-state index in [1.165, 1.54) is 25.0 Å². The molecule has 1 aliphatic heterocycles. The third-order valence-corrected chi connectivity index (χ3v) is 5.84. The summed E-state index contributed by atoms with van der Waals surface area (Å²) in [4.78, 5) is 2.38. The molecular formula is C16H21Cl2FN2. The Morgan fingerprint density at radius 2 is 2.00 bits per heavy atom. The number of halogens is 3. The molecule has 5 heteroatoms. The smallest absolute Gasteiger partial charge is 0.142 e. The summed E-state index contributed by atoms with van der Waals surface area (Å²) < 4.78 is 13.7. The number of hydrogen-bond donors (Lipinski definition) is 1. The lowest BCUT2D eigenvalue weighted by atomic mass is 9.78. The second-order valence-electron chi connectivity index (χ2n) is 6.44. The molecule has 0 amide bonds. The van der Waals surface area contributed by atoms with Gasteiger partial charge in [0, 0.05) is 30.2 Å². The highest BCUT2D eigenvalue weighted by Crippen LogP contribution is 2.40. The SMILES string of the molecule is CC(c1cc(F)c(Cl)cc1Cl)N1CC2CCCC(N)C2C1. The molecule has 1 aromatic rings. The van der Waals surface area contributed by atoms with E-state index >= 15 is 0 Å². The van der Waals surface area contributed by atoms with Crippen LogP contribution in [0.15, 0.2) is 12.1 Å². The van der Waals surface area contributed by atoms with Crippen molar-refractivity contribution < 1.29 is 4.39 Å². The number of nitrogens with zero attached hydrogens (tertiary/aromatic N) is 1. The molecule has 1 heterocycles. The van der Waals surface area contributed by atoms with Crippen molar-refractivity contribution in [3.05, 3.63) is 33.6 Å². The highest BCUT2D eigenvalue weighted by molar-refractivity contribution is 6.35. The standard InChI is InChI=1S/C16H21Cl2FN2/c1-9(11-5-15(19)14(18)6-13(11)17)21-7-10-3-2-4-16(20)12(10)8-21/h5-6,9-10,12,16H,2-4,7-8,20H2,1H3. The van der Waals surface area contributed by atoms with Crippen LogP contribution in [0.4, 0.5) is 4.39 Å². The average molecular weight is 331 g/mol. The van der Waals surface area contributed by atoms with Crippen molar-refractivity contribution in [2.24, 2.45) is 17.6 Å². The third-order valence-electron chi connectivity index (χ3n) is 5.22. The van der Waals surface area contributed by atoms with E-state index in [1.807, 2.05) is 0 Å². The van der Waals surface area contributed by atoms with Gasteiger partial charge in [0.15, 0.2) is 0 Å². The van der Waals surface area contributed by atoms with Crippen LogP contribution in [0.25, 0.3) is 0 Å². The molecule has 1 aliphatic carbocycles. The van der Waals surface area contributed by atoms with E-state index in [9.17, 15) is 4.39 Å². The number of rotatable bonds is 2. The molecule has 2 fully saturated rings. The molecule has 1 aromatic carbocycles. The number of hydrogen-bond acceptors (Lipinski definition) is 2. The normalized spacial score (nSPS) is 31.2. The van der Waals surface area contributed by atoms with E-state index in [4.69, 9.17) is 28.9 Å². The van der Waals surface area contributed by atoms with Crippen LogP contribution in [0.5, 0.6) is 0 Å². The first-order chi connectivity index (χ1) is 9.97. The van der Waals surface area contributed by atoms with Gasteiger partial charge in [-0.25, -0.2) is 4.39 Å². The topological polar surface area (TPSA) is 29.3 Å². The largest absolute Gasteiger partial charge is 0.327 e. The van der Waals surface area contributed by atoms with Crippen molar-refractivity contribution in [2.45, 2.75) is 38.3 Å². The fourth-order valence-electron chi connectivity index (χ4n) is 3.92. The Bertz CT molecular complexity index is 537. The first-order valence-electron chi connectivity index (χ1n) is 7.61. The lowest BCUT2D eigenvalue weighted by Gasteiger charge is -2.30. The Kier molecular flexibility index (Phi) is 4.47. The summed E-state index contributed by atoms with van der Waals surface area (Å²) in [5, 5.41) is 0.612. The van der Waals surface area contributed by atoms with Gasteiger partial charge < -0.3 is 5.73 Å². The summed E-state index contributed by atoms with van der Waals surface area (Å²) in [6.07, 6.45) is 3.60. The van der Waals surface area contributed by atoms with Gasteiger partial charge in [-0.3, -0.25) is 4.90 Å². The quantitative estimate of drug-likeness (QED) is 0.821. The van der Waals surface area contributed by atoms with Crippen LogP contribution in [0.2, 0.25) is 10.0 Å². The van der Waals surface area contributed by atoms with E-state index in [2.05, 4.69) is 11.8 Å². The zero-order valence-electron chi connectivity index (χ0n) is 12.2. The van der Waals surface area contributed by atoms with Crippen molar-refractivity contribution in [1.29, 1.82) is 0 Å². The van der Waals surface area contributed by atoms with Gasteiger partial charge in [-0.05, 0) is 49.3 Å². The second kappa shape index (κ2) is 6.04. The third kappa shape index (κ3) is 2.94. The Morgan fingerprint density at radius 3 is 2.71 bits per heavy atom. The fraction of sp³-hybridized carbons (Fsp3) is 0.625. The maximum absolute atomic E-state index is 13.7. The first kappa shape index (κ1) is 15.5. The molecule has 4 atom stereocenters. The van der Waals surface area contributed by atoms with Gasteiger partial charge >= 0.3 is 0 Å². The number of nitrogens with two attached hydrogens (primary N) is 1. The minimum atomic E-state index is -0.406. The Labute approximate surface area is 135 Å². The van der Waals surface area contributed by atoms with Crippen LogP contribution < -0.4 is 5.73 Å². The molecule has 1 saturated carbocycles. The highest BCUT2D eigenvalue weighted by Gasteiger charge is 2.40. The molecule has 0 radical (unpaired) electrons. The zero-order chi connectivity index (χ0) is 15.1. The predicted molar refractivity (Wildman–Crippen MR) is 85.2 cm³/mol. The molecule has 2 N–H and O–H groups in total. The Balaban J connectivity index is 1.80. The van der Waals surface area contributed by atoms with Crippen LogP contribution in [-0.2, 0) is 0 Å². The van der Waals surface area contributed by atoms with Crippen LogP contribution in [0.1, 0.15) is 37.8 Å². The van der Waals surface area contributed by atoms with Gasteiger partial charge in [0.05, 0.1) is 5.02 Å². The Morgan fingerprint density at radius 1 is 1.24 bits per heavy atom. The fourth-order valence-corrected chi connectivity index (χ4v) is 4.46. The minimum Gasteiger partial charge on any atom is -0.327 e. The van der Waals surface area contributed by atoms with Crippen molar-refractivity contribution >= 4 is 23.2 Å². The lowest BCUT2D eigenvalue weighted by Crippen LogP contribution is -2.38. The molecule has 0 bridgehead atoms. The summed E-state index contributed by atoms with van der Waals surface area (Å²) >= 11 is 12.0. The van der Waals surface area contributed by atoms with Gasteiger partial charge in [-0.1, -0.05) is 29.6 Å². The maximum Gasteiger partial charge on any atom is 0.142 e. The van der Waals surface area contributed by atoms with Crippen molar-refractivity contribution in [2.75, 3.05) is 13.1 Å². The number of benzene rings is 1. The van der Waals surface area contributed by atoms with Crippen LogP contribution in [0.3, 0.4) is 0 Å². The second-order valence-corrected chi connectivity index (χ2v) is 7.25. The molecule has 21 heavy (non-hydrogen) atoms. The van der Waals surface area contributed by atoms with Gasteiger partial charge in [-0.15, -0.1) is 0 Å². The lowest BCUT2D eigenvalue weighted by molar-refractivity contribution is 0.245. The molecule has 0 aromatic heterocycles. The van der Waals surface area contributed by atoms with Gasteiger partial charge in [0.2, 0.25) is 0 Å².